The van der Waals surface area contributed by atoms with E-state index in [-0.39, 0.29) is 42.8 Å². The van der Waals surface area contributed by atoms with E-state index >= 15 is 0 Å². The van der Waals surface area contributed by atoms with Crippen LogP contribution in [0.5, 0.6) is 0 Å². The monoisotopic (exact) mass is 598 g/mol. The van der Waals surface area contributed by atoms with Gasteiger partial charge in [0, 0.05) is 26.2 Å². The molecule has 3 aliphatic heterocycles. The van der Waals surface area contributed by atoms with E-state index in [0.29, 0.717) is 23.4 Å². The molecule has 1 aromatic rings. The van der Waals surface area contributed by atoms with Crippen molar-refractivity contribution in [2.75, 3.05) is 33.3 Å². The maximum atomic E-state index is 13.8. The van der Waals surface area contributed by atoms with Gasteiger partial charge in [0.1, 0.15) is 12.1 Å². The number of amides is 2. The topological polar surface area (TPSA) is 125 Å². The van der Waals surface area contributed by atoms with Crippen molar-refractivity contribution < 1.29 is 40.7 Å². The Morgan fingerprint density at radius 1 is 1.20 bits per heavy atom. The number of hydrogen-bond acceptors (Lipinski definition) is 7. The highest BCUT2D eigenvalue weighted by atomic mass is 32.2. The van der Waals surface area contributed by atoms with E-state index in [2.05, 4.69) is 10.0 Å². The van der Waals surface area contributed by atoms with Crippen LogP contribution in [0.15, 0.2) is 46.4 Å². The van der Waals surface area contributed by atoms with Crippen molar-refractivity contribution in [3.8, 4) is 0 Å². The molecule has 41 heavy (non-hydrogen) atoms. The van der Waals surface area contributed by atoms with E-state index in [0.717, 1.165) is 17.7 Å². The number of carbonyl (C=O) groups is 3. The third-order valence-corrected chi connectivity index (χ3v) is 8.95. The Kier molecular flexibility index (Phi) is 9.24. The molecule has 2 N–H and O–H groups in total. The molecule has 3 heterocycles. The number of halogens is 3. The molecule has 0 aromatic heterocycles. The van der Waals surface area contributed by atoms with E-state index in [1.165, 1.54) is 30.2 Å². The fourth-order valence-corrected chi connectivity index (χ4v) is 6.51. The molecule has 1 aromatic carbocycles. The zero-order valence-electron chi connectivity index (χ0n) is 22.8. The van der Waals surface area contributed by atoms with Crippen LogP contribution in [-0.4, -0.2) is 87.6 Å². The Morgan fingerprint density at radius 3 is 2.61 bits per heavy atom. The summed E-state index contributed by atoms with van der Waals surface area (Å²) < 4.78 is 73.5. The molecular weight excluding hydrogens is 565 g/mol. The lowest BCUT2D eigenvalue weighted by atomic mass is 9.98. The standard InChI is InChI=1S/C27H33F3N4O6S/c1-17-7-11-34(23(12-17)25(36)40-2)24(35)22(13-18-4-3-9-31-15-18)32-41(38,39)21-6-5-19-8-10-33(16-20(19)14-21)26(37)27(28,29)30/h4-7,14,22-23,31-32H,3,8-13,15-16H2,1-2H3/t22-,23+/m0/s1. The average Bonchev–Trinajstić information content (AvgIpc) is 2.95. The molecule has 3 aliphatic rings. The lowest BCUT2D eigenvalue weighted by molar-refractivity contribution is -0.186. The zero-order valence-corrected chi connectivity index (χ0v) is 23.6. The first kappa shape index (κ1) is 30.7. The number of nitrogens with zero attached hydrogens (tertiary/aromatic N) is 2. The van der Waals surface area contributed by atoms with Gasteiger partial charge in [-0.3, -0.25) is 9.59 Å². The number of ether oxygens (including phenoxy) is 1. The molecule has 4 rings (SSSR count). The van der Waals surface area contributed by atoms with Gasteiger partial charge in [0.05, 0.1) is 12.0 Å². The van der Waals surface area contributed by atoms with Crippen molar-refractivity contribution in [2.45, 2.75) is 62.3 Å². The van der Waals surface area contributed by atoms with Crippen molar-refractivity contribution in [3.63, 3.8) is 0 Å². The summed E-state index contributed by atoms with van der Waals surface area (Å²) in [5, 5.41) is 3.19. The molecule has 2 atom stereocenters. The van der Waals surface area contributed by atoms with E-state index in [9.17, 15) is 36.0 Å². The van der Waals surface area contributed by atoms with Gasteiger partial charge in [0.2, 0.25) is 15.9 Å². The van der Waals surface area contributed by atoms with Crippen LogP contribution in [0.3, 0.4) is 0 Å². The molecule has 0 unspecified atom stereocenters. The average molecular weight is 599 g/mol. The Morgan fingerprint density at radius 2 is 1.95 bits per heavy atom. The number of sulfonamides is 1. The number of hydrogen-bond donors (Lipinski definition) is 2. The predicted octanol–water partition coefficient (Wildman–Crippen LogP) is 1.81. The Bertz CT molecular complexity index is 1380. The summed E-state index contributed by atoms with van der Waals surface area (Å²) in [6, 6.07) is 1.90. The summed E-state index contributed by atoms with van der Waals surface area (Å²) in [6.07, 6.45) is -0.155. The van der Waals surface area contributed by atoms with Gasteiger partial charge >= 0.3 is 18.1 Å². The first-order valence-electron chi connectivity index (χ1n) is 13.2. The highest BCUT2D eigenvalue weighted by Gasteiger charge is 2.43. The Hall–Kier alpha value is -3.23. The van der Waals surface area contributed by atoms with Gasteiger partial charge in [-0.05, 0) is 62.4 Å². The Labute approximate surface area is 236 Å². The smallest absolute Gasteiger partial charge is 0.467 e. The minimum Gasteiger partial charge on any atom is -0.467 e. The van der Waals surface area contributed by atoms with Gasteiger partial charge in [-0.15, -0.1) is 0 Å². The quantitative estimate of drug-likeness (QED) is 0.362. The normalized spacial score (nSPS) is 20.5. The number of fused-ring (bicyclic) bond motifs is 1. The van der Waals surface area contributed by atoms with E-state index in [1.807, 2.05) is 13.0 Å². The van der Waals surface area contributed by atoms with Crippen LogP contribution in [0.4, 0.5) is 13.2 Å². The molecule has 2 amide bonds. The minimum absolute atomic E-state index is 0.0525. The maximum absolute atomic E-state index is 13.8. The molecule has 0 radical (unpaired) electrons. The van der Waals surface area contributed by atoms with Crippen molar-refractivity contribution in [1.82, 2.24) is 19.8 Å². The molecular formula is C27H33F3N4O6S. The highest BCUT2D eigenvalue weighted by Crippen LogP contribution is 2.28. The van der Waals surface area contributed by atoms with Crippen LogP contribution in [0, 0.1) is 0 Å². The first-order chi connectivity index (χ1) is 19.3. The van der Waals surface area contributed by atoms with Gasteiger partial charge in [-0.1, -0.05) is 29.4 Å². The van der Waals surface area contributed by atoms with E-state index < -0.39 is 52.6 Å². The highest BCUT2D eigenvalue weighted by molar-refractivity contribution is 7.89. The second-order valence-corrected chi connectivity index (χ2v) is 12.1. The van der Waals surface area contributed by atoms with E-state index in [1.54, 1.807) is 6.08 Å². The van der Waals surface area contributed by atoms with Crippen molar-refractivity contribution in [3.05, 3.63) is 52.6 Å². The van der Waals surface area contributed by atoms with Crippen molar-refractivity contribution in [2.24, 2.45) is 0 Å². The van der Waals surface area contributed by atoms with Crippen LogP contribution in [0.25, 0.3) is 0 Å². The van der Waals surface area contributed by atoms with Crippen LogP contribution in [0.2, 0.25) is 0 Å². The van der Waals surface area contributed by atoms with Gasteiger partial charge in [-0.25, -0.2) is 13.2 Å². The molecule has 0 saturated carbocycles. The van der Waals surface area contributed by atoms with Crippen molar-refractivity contribution >= 4 is 27.8 Å². The number of alkyl halides is 3. The summed E-state index contributed by atoms with van der Waals surface area (Å²) >= 11 is 0. The summed E-state index contributed by atoms with van der Waals surface area (Å²) in [5.74, 6) is -3.20. The van der Waals surface area contributed by atoms with Crippen LogP contribution in [-0.2, 0) is 42.1 Å². The van der Waals surface area contributed by atoms with Gasteiger partial charge in [0.25, 0.3) is 0 Å². The number of methoxy groups -OCH3 is 1. The number of esters is 1. The fraction of sp³-hybridized carbons (Fsp3) is 0.519. The number of rotatable bonds is 7. The van der Waals surface area contributed by atoms with E-state index in [4.69, 9.17) is 4.74 Å². The minimum atomic E-state index is -5.04. The van der Waals surface area contributed by atoms with Gasteiger partial charge in [-0.2, -0.15) is 17.9 Å². The number of benzene rings is 1. The third-order valence-electron chi connectivity index (χ3n) is 7.48. The molecule has 0 saturated heterocycles. The van der Waals surface area contributed by atoms with Crippen LogP contribution in [0.1, 0.15) is 37.3 Å². The zero-order chi connectivity index (χ0) is 29.9. The number of carbonyl (C=O) groups excluding carboxylic acids is 3. The van der Waals surface area contributed by atoms with Gasteiger partial charge in [0.15, 0.2) is 0 Å². The first-order valence-corrected chi connectivity index (χ1v) is 14.7. The Balaban J connectivity index is 1.62. The number of nitrogens with one attached hydrogen (secondary N) is 2. The fourth-order valence-electron chi connectivity index (χ4n) is 5.28. The summed E-state index contributed by atoms with van der Waals surface area (Å²) in [4.78, 5) is 39.8. The van der Waals surface area contributed by atoms with Crippen LogP contribution < -0.4 is 10.0 Å². The molecule has 0 fully saturated rings. The SMILES string of the molecule is COC(=O)[C@H]1CC(C)=CCN1C(=O)[C@H](CC1=CCCNC1)NS(=O)(=O)c1ccc2c(c1)CN(C(=O)C(F)(F)F)CC2. The molecule has 0 bridgehead atoms. The second kappa shape index (κ2) is 12.3. The van der Waals surface area contributed by atoms with Crippen molar-refractivity contribution in [1.29, 1.82) is 0 Å². The molecule has 0 aliphatic carbocycles. The van der Waals surface area contributed by atoms with Gasteiger partial charge < -0.3 is 19.9 Å². The summed E-state index contributed by atoms with van der Waals surface area (Å²) in [5.41, 5.74) is 2.63. The molecule has 224 valence electrons. The lowest BCUT2D eigenvalue weighted by Crippen LogP contribution is -2.55. The largest absolute Gasteiger partial charge is 0.471 e. The summed E-state index contributed by atoms with van der Waals surface area (Å²) in [6.45, 7) is 2.61. The summed E-state index contributed by atoms with van der Waals surface area (Å²) in [7, 11) is -3.13. The molecule has 0 spiro atoms. The third kappa shape index (κ3) is 7.16. The molecule has 14 heteroatoms. The molecule has 10 nitrogen and oxygen atoms in total. The predicted molar refractivity (Wildman–Crippen MR) is 142 cm³/mol. The lowest BCUT2D eigenvalue weighted by Gasteiger charge is -2.35. The van der Waals surface area contributed by atoms with Crippen LogP contribution >= 0.6 is 0 Å². The second-order valence-electron chi connectivity index (χ2n) is 10.4. The maximum Gasteiger partial charge on any atom is 0.471 e.